The average Bonchev–Trinajstić information content (AvgIpc) is 2.39. The lowest BCUT2D eigenvalue weighted by atomic mass is 10.0. The van der Waals surface area contributed by atoms with Gasteiger partial charge in [0.2, 0.25) is 0 Å². The molecule has 1 fully saturated rings. The molecule has 1 saturated heterocycles. The Bertz CT molecular complexity index is 397. The summed E-state index contributed by atoms with van der Waals surface area (Å²) in [6, 6.07) is 1.72. The highest BCUT2D eigenvalue weighted by Crippen LogP contribution is 2.16. The van der Waals surface area contributed by atoms with Crippen molar-refractivity contribution in [2.45, 2.75) is 12.8 Å². The fourth-order valence-electron chi connectivity index (χ4n) is 1.78. The van der Waals surface area contributed by atoms with E-state index >= 15 is 0 Å². The van der Waals surface area contributed by atoms with Gasteiger partial charge in [-0.15, -0.1) is 0 Å². The molecule has 0 amide bonds. The van der Waals surface area contributed by atoms with Gasteiger partial charge >= 0.3 is 0 Å². The second-order valence-electron chi connectivity index (χ2n) is 3.96. The minimum absolute atomic E-state index is 0.511. The molecule has 2 N–H and O–H groups in total. The fraction of sp³-hybridized carbons (Fsp3) is 0.545. The first kappa shape index (κ1) is 11.6. The van der Waals surface area contributed by atoms with E-state index in [1.165, 1.54) is 6.33 Å². The van der Waals surface area contributed by atoms with Gasteiger partial charge in [0.25, 0.3) is 0 Å². The van der Waals surface area contributed by atoms with Gasteiger partial charge in [0, 0.05) is 25.8 Å². The van der Waals surface area contributed by atoms with Crippen LogP contribution in [0.25, 0.3) is 0 Å². The number of nitrogens with one attached hydrogen (secondary N) is 2. The maximum Gasteiger partial charge on any atom is 0.182 e. The molecular formula is C11H15N5O. The highest BCUT2D eigenvalue weighted by Gasteiger charge is 2.13. The molecule has 0 spiro atoms. The lowest BCUT2D eigenvalue weighted by molar-refractivity contribution is 0.0699. The summed E-state index contributed by atoms with van der Waals surface area (Å²) in [4.78, 5) is 8.02. The number of anilines is 2. The van der Waals surface area contributed by atoms with Crippen molar-refractivity contribution in [1.29, 1.82) is 5.26 Å². The van der Waals surface area contributed by atoms with Crippen molar-refractivity contribution >= 4 is 11.6 Å². The van der Waals surface area contributed by atoms with Crippen LogP contribution in [0.3, 0.4) is 0 Å². The van der Waals surface area contributed by atoms with E-state index in [0.29, 0.717) is 11.7 Å². The van der Waals surface area contributed by atoms with Crippen molar-refractivity contribution in [2.24, 2.45) is 5.92 Å². The number of nitrogens with zero attached hydrogens (tertiary/aromatic N) is 3. The number of aromatic nitrogens is 2. The summed E-state index contributed by atoms with van der Waals surface area (Å²) in [7, 11) is 0. The molecule has 0 radical (unpaired) electrons. The molecule has 0 aliphatic carbocycles. The normalized spacial score (nSPS) is 16.2. The molecule has 0 atom stereocenters. The van der Waals surface area contributed by atoms with Gasteiger partial charge in [0.1, 0.15) is 18.0 Å². The Kier molecular flexibility index (Phi) is 4.11. The molecule has 2 heterocycles. The number of nitriles is 1. The van der Waals surface area contributed by atoms with E-state index in [-0.39, 0.29) is 0 Å². The molecule has 1 aromatic rings. The van der Waals surface area contributed by atoms with Crippen molar-refractivity contribution in [3.8, 4) is 6.19 Å². The second kappa shape index (κ2) is 6.01. The zero-order chi connectivity index (χ0) is 11.9. The van der Waals surface area contributed by atoms with Crippen molar-refractivity contribution in [3.05, 3.63) is 12.4 Å². The smallest absolute Gasteiger partial charge is 0.182 e. The fourth-order valence-corrected chi connectivity index (χ4v) is 1.78. The van der Waals surface area contributed by atoms with Crippen molar-refractivity contribution in [3.63, 3.8) is 0 Å². The minimum Gasteiger partial charge on any atom is -0.381 e. The molecule has 0 aromatic carbocycles. The second-order valence-corrected chi connectivity index (χ2v) is 3.96. The maximum absolute atomic E-state index is 8.49. The van der Waals surface area contributed by atoms with Crippen LogP contribution in [-0.2, 0) is 4.74 Å². The molecular weight excluding hydrogens is 218 g/mol. The van der Waals surface area contributed by atoms with Gasteiger partial charge in [0.15, 0.2) is 6.19 Å². The van der Waals surface area contributed by atoms with E-state index in [2.05, 4.69) is 20.6 Å². The monoisotopic (exact) mass is 233 g/mol. The van der Waals surface area contributed by atoms with Crippen LogP contribution in [0.2, 0.25) is 0 Å². The van der Waals surface area contributed by atoms with Crippen LogP contribution in [0.15, 0.2) is 12.4 Å². The summed E-state index contributed by atoms with van der Waals surface area (Å²) in [5.41, 5.74) is 0. The van der Waals surface area contributed by atoms with Gasteiger partial charge in [-0.1, -0.05) is 0 Å². The SMILES string of the molecule is N#CNc1cc(NCC2CCOCC2)ncn1. The molecule has 90 valence electrons. The number of rotatable bonds is 4. The summed E-state index contributed by atoms with van der Waals surface area (Å²) in [6.07, 6.45) is 5.44. The summed E-state index contributed by atoms with van der Waals surface area (Å²) < 4.78 is 5.30. The van der Waals surface area contributed by atoms with E-state index < -0.39 is 0 Å². The van der Waals surface area contributed by atoms with E-state index in [1.54, 1.807) is 6.07 Å². The molecule has 1 aliphatic heterocycles. The highest BCUT2D eigenvalue weighted by atomic mass is 16.5. The molecule has 2 rings (SSSR count). The van der Waals surface area contributed by atoms with Crippen LogP contribution in [-0.4, -0.2) is 29.7 Å². The van der Waals surface area contributed by atoms with Gasteiger partial charge in [-0.3, -0.25) is 5.32 Å². The van der Waals surface area contributed by atoms with Crippen LogP contribution in [0, 0.1) is 17.4 Å². The molecule has 1 aromatic heterocycles. The Hall–Kier alpha value is -1.87. The van der Waals surface area contributed by atoms with Gasteiger partial charge in [-0.05, 0) is 18.8 Å². The number of hydrogen-bond acceptors (Lipinski definition) is 6. The summed E-state index contributed by atoms with van der Waals surface area (Å²) in [6.45, 7) is 2.57. The highest BCUT2D eigenvalue weighted by molar-refractivity contribution is 5.48. The van der Waals surface area contributed by atoms with Crippen LogP contribution in [0.5, 0.6) is 0 Å². The third-order valence-electron chi connectivity index (χ3n) is 2.76. The first-order valence-electron chi connectivity index (χ1n) is 5.67. The van der Waals surface area contributed by atoms with Crippen molar-refractivity contribution in [2.75, 3.05) is 30.4 Å². The predicted octanol–water partition coefficient (Wildman–Crippen LogP) is 1.21. The zero-order valence-electron chi connectivity index (χ0n) is 9.52. The largest absolute Gasteiger partial charge is 0.381 e. The van der Waals surface area contributed by atoms with Gasteiger partial charge in [0.05, 0.1) is 0 Å². The third kappa shape index (κ3) is 3.57. The Labute approximate surface area is 100 Å². The standard InChI is InChI=1S/C11H15N5O/c12-7-14-11-5-10(15-8-16-11)13-6-9-1-3-17-4-2-9/h5,8-9H,1-4,6H2,(H2,13,14,15,16). The van der Waals surface area contributed by atoms with Crippen LogP contribution >= 0.6 is 0 Å². The molecule has 0 unspecified atom stereocenters. The number of hydrogen-bond donors (Lipinski definition) is 2. The quantitative estimate of drug-likeness (QED) is 0.600. The van der Waals surface area contributed by atoms with E-state index in [1.807, 2.05) is 6.19 Å². The Morgan fingerprint density at radius 3 is 2.88 bits per heavy atom. The van der Waals surface area contributed by atoms with Crippen molar-refractivity contribution < 1.29 is 4.74 Å². The first-order chi connectivity index (χ1) is 8.38. The van der Waals surface area contributed by atoms with Crippen molar-refractivity contribution in [1.82, 2.24) is 9.97 Å². The van der Waals surface area contributed by atoms with E-state index in [0.717, 1.165) is 38.4 Å². The Balaban J connectivity index is 1.85. The lowest BCUT2D eigenvalue weighted by Crippen LogP contribution is -2.22. The summed E-state index contributed by atoms with van der Waals surface area (Å²) in [5.74, 6) is 1.88. The lowest BCUT2D eigenvalue weighted by Gasteiger charge is -2.22. The van der Waals surface area contributed by atoms with Crippen LogP contribution in [0.4, 0.5) is 11.6 Å². The van der Waals surface area contributed by atoms with E-state index in [9.17, 15) is 0 Å². The topological polar surface area (TPSA) is 82.9 Å². The minimum atomic E-state index is 0.511. The molecule has 6 nitrogen and oxygen atoms in total. The maximum atomic E-state index is 8.49. The molecule has 0 saturated carbocycles. The summed E-state index contributed by atoms with van der Waals surface area (Å²) in [5, 5.41) is 14.2. The molecule has 1 aliphatic rings. The first-order valence-corrected chi connectivity index (χ1v) is 5.67. The molecule has 6 heteroatoms. The summed E-state index contributed by atoms with van der Waals surface area (Å²) >= 11 is 0. The predicted molar refractivity (Wildman–Crippen MR) is 63.3 cm³/mol. The van der Waals surface area contributed by atoms with Gasteiger partial charge in [-0.25, -0.2) is 9.97 Å². The zero-order valence-corrected chi connectivity index (χ0v) is 9.52. The Morgan fingerprint density at radius 1 is 1.35 bits per heavy atom. The number of ether oxygens (including phenoxy) is 1. The molecule has 0 bridgehead atoms. The van der Waals surface area contributed by atoms with Gasteiger partial charge in [-0.2, -0.15) is 5.26 Å². The molecule has 17 heavy (non-hydrogen) atoms. The van der Waals surface area contributed by atoms with E-state index in [4.69, 9.17) is 10.00 Å². The average molecular weight is 233 g/mol. The Morgan fingerprint density at radius 2 is 2.12 bits per heavy atom. The van der Waals surface area contributed by atoms with Gasteiger partial charge < -0.3 is 10.1 Å². The van der Waals surface area contributed by atoms with Crippen LogP contribution < -0.4 is 10.6 Å². The van der Waals surface area contributed by atoms with Crippen LogP contribution in [0.1, 0.15) is 12.8 Å². The third-order valence-corrected chi connectivity index (χ3v) is 2.76.